The van der Waals surface area contributed by atoms with Crippen LogP contribution in [-0.4, -0.2) is 50.1 Å². The molecule has 0 heterocycles. The van der Waals surface area contributed by atoms with Crippen LogP contribution < -0.4 is 0 Å². The lowest BCUT2D eigenvalue weighted by Crippen LogP contribution is -2.67. The SMILES string of the molecule is [2H][C@]1(O)[C@H](OS(=O)(=O)c2ccc(C)cc2)[C@@H](OCc2ccccc2)[C@H](OCc2ccccc2)[C@@H](OCc2ccccc2)[C@@H]1OCc1ccccc1. The third-order valence-corrected chi connectivity index (χ3v) is 9.81. The summed E-state index contributed by atoms with van der Waals surface area (Å²) in [6.07, 6.45) is -9.44. The number of aryl methyl sites for hydroxylation is 1. The summed E-state index contributed by atoms with van der Waals surface area (Å²) in [6, 6.07) is 43.7. The molecule has 1 saturated carbocycles. The van der Waals surface area contributed by atoms with Crippen LogP contribution in [0.3, 0.4) is 0 Å². The highest BCUT2D eigenvalue weighted by molar-refractivity contribution is 7.86. The highest BCUT2D eigenvalue weighted by Gasteiger charge is 2.55. The molecule has 1 aliphatic rings. The van der Waals surface area contributed by atoms with E-state index in [-0.39, 0.29) is 31.3 Å². The van der Waals surface area contributed by atoms with E-state index < -0.39 is 46.7 Å². The predicted octanol–water partition coefficient (Wildman–Crippen LogP) is 6.79. The Hall–Kier alpha value is -4.19. The van der Waals surface area contributed by atoms with Gasteiger partial charge < -0.3 is 24.1 Å². The number of hydrogen-bond acceptors (Lipinski definition) is 8. The fourth-order valence-corrected chi connectivity index (χ4v) is 6.89. The van der Waals surface area contributed by atoms with Gasteiger partial charge in [0.25, 0.3) is 10.1 Å². The Morgan fingerprint density at radius 3 is 1.20 bits per heavy atom. The van der Waals surface area contributed by atoms with Crippen LogP contribution in [0.25, 0.3) is 0 Å². The van der Waals surface area contributed by atoms with Gasteiger partial charge in [-0.25, -0.2) is 0 Å². The third-order valence-electron chi connectivity index (χ3n) is 8.50. The van der Waals surface area contributed by atoms with Gasteiger partial charge in [0.1, 0.15) is 36.6 Å². The van der Waals surface area contributed by atoms with Gasteiger partial charge in [0.2, 0.25) is 0 Å². The highest BCUT2D eigenvalue weighted by atomic mass is 32.2. The molecular formula is C41H42O8S. The van der Waals surface area contributed by atoms with Crippen molar-refractivity contribution in [1.29, 1.82) is 0 Å². The average molecular weight is 696 g/mol. The van der Waals surface area contributed by atoms with Crippen LogP contribution in [0.5, 0.6) is 0 Å². The largest absolute Gasteiger partial charge is 0.387 e. The monoisotopic (exact) mass is 695 g/mol. The summed E-state index contributed by atoms with van der Waals surface area (Å²) >= 11 is 0. The van der Waals surface area contributed by atoms with Gasteiger partial charge in [0.05, 0.1) is 32.7 Å². The zero-order chi connectivity index (χ0) is 35.7. The van der Waals surface area contributed by atoms with Crippen molar-refractivity contribution < 1.29 is 38.0 Å². The summed E-state index contributed by atoms with van der Waals surface area (Å²) in [5, 5.41) is 12.3. The van der Waals surface area contributed by atoms with E-state index in [1.807, 2.05) is 128 Å². The van der Waals surface area contributed by atoms with E-state index in [0.717, 1.165) is 27.8 Å². The Morgan fingerprint density at radius 1 is 0.500 bits per heavy atom. The Morgan fingerprint density at radius 2 is 0.820 bits per heavy atom. The summed E-state index contributed by atoms with van der Waals surface area (Å²) in [6.45, 7) is 2.04. The first-order valence-electron chi connectivity index (χ1n) is 17.0. The molecular weight excluding hydrogens is 653 g/mol. The number of aliphatic hydroxyl groups is 1. The molecule has 0 bridgehead atoms. The second kappa shape index (κ2) is 17.2. The second-order valence-corrected chi connectivity index (χ2v) is 13.8. The molecule has 9 heteroatoms. The van der Waals surface area contributed by atoms with Gasteiger partial charge in [0, 0.05) is 0 Å². The molecule has 1 N–H and O–H groups in total. The maximum absolute atomic E-state index is 13.9. The minimum absolute atomic E-state index is 0.00370. The first-order chi connectivity index (χ1) is 24.7. The predicted molar refractivity (Wildman–Crippen MR) is 189 cm³/mol. The molecule has 0 aliphatic heterocycles. The van der Waals surface area contributed by atoms with E-state index in [1.165, 1.54) is 12.1 Å². The Labute approximate surface area is 295 Å². The maximum Gasteiger partial charge on any atom is 0.297 e. The van der Waals surface area contributed by atoms with Crippen LogP contribution in [-0.2, 0) is 59.7 Å². The van der Waals surface area contributed by atoms with Crippen molar-refractivity contribution in [3.8, 4) is 0 Å². The lowest BCUT2D eigenvalue weighted by atomic mass is 9.84. The maximum atomic E-state index is 13.9. The molecule has 260 valence electrons. The van der Waals surface area contributed by atoms with E-state index in [1.54, 1.807) is 12.1 Å². The highest BCUT2D eigenvalue weighted by Crippen LogP contribution is 2.36. The summed E-state index contributed by atoms with van der Waals surface area (Å²) in [5.41, 5.74) is 4.12. The van der Waals surface area contributed by atoms with Crippen molar-refractivity contribution >= 4 is 10.1 Å². The molecule has 5 aromatic carbocycles. The molecule has 0 spiro atoms. The minimum atomic E-state index is -4.53. The molecule has 6 atom stereocenters. The first kappa shape index (κ1) is 34.3. The second-order valence-electron chi connectivity index (χ2n) is 12.2. The van der Waals surface area contributed by atoms with E-state index >= 15 is 0 Å². The molecule has 0 saturated heterocycles. The fourth-order valence-electron chi connectivity index (χ4n) is 5.83. The number of benzene rings is 5. The lowest BCUT2D eigenvalue weighted by molar-refractivity contribution is -0.268. The van der Waals surface area contributed by atoms with Gasteiger partial charge in [-0.2, -0.15) is 8.42 Å². The molecule has 0 amide bonds. The van der Waals surface area contributed by atoms with E-state index in [4.69, 9.17) is 23.1 Å². The smallest absolute Gasteiger partial charge is 0.297 e. The number of ether oxygens (including phenoxy) is 4. The third kappa shape index (κ3) is 9.32. The van der Waals surface area contributed by atoms with E-state index in [2.05, 4.69) is 0 Å². The topological polar surface area (TPSA) is 101 Å². The van der Waals surface area contributed by atoms with Crippen LogP contribution in [0.4, 0.5) is 0 Å². The van der Waals surface area contributed by atoms with Gasteiger partial charge in [0.15, 0.2) is 0 Å². The quantitative estimate of drug-likeness (QED) is 0.120. The van der Waals surface area contributed by atoms with Gasteiger partial charge in [-0.1, -0.05) is 139 Å². The number of rotatable bonds is 15. The average Bonchev–Trinajstić information content (AvgIpc) is 3.15. The lowest BCUT2D eigenvalue weighted by Gasteiger charge is -2.48. The summed E-state index contributed by atoms with van der Waals surface area (Å²) in [5.74, 6) is 0. The summed E-state index contributed by atoms with van der Waals surface area (Å²) < 4.78 is 69.2. The van der Waals surface area contributed by atoms with Crippen molar-refractivity contribution in [3.05, 3.63) is 173 Å². The molecule has 50 heavy (non-hydrogen) atoms. The van der Waals surface area contributed by atoms with Gasteiger partial charge in [-0.05, 0) is 41.3 Å². The Bertz CT molecular complexity index is 1890. The van der Waals surface area contributed by atoms with Gasteiger partial charge in [-0.3, -0.25) is 4.18 Å². The summed E-state index contributed by atoms with van der Waals surface area (Å²) in [7, 11) is -4.53. The van der Waals surface area contributed by atoms with Crippen LogP contribution in [0.15, 0.2) is 150 Å². The van der Waals surface area contributed by atoms with Crippen LogP contribution in [0.1, 0.15) is 29.2 Å². The molecule has 0 radical (unpaired) electrons. The minimum Gasteiger partial charge on any atom is -0.387 e. The van der Waals surface area contributed by atoms with Crippen molar-refractivity contribution in [3.63, 3.8) is 0 Å². The normalized spacial score (nSPS) is 24.0. The van der Waals surface area contributed by atoms with Crippen LogP contribution in [0, 0.1) is 6.92 Å². The van der Waals surface area contributed by atoms with Crippen molar-refractivity contribution in [2.45, 2.75) is 74.8 Å². The molecule has 8 nitrogen and oxygen atoms in total. The zero-order valence-electron chi connectivity index (χ0n) is 28.8. The Balaban J connectivity index is 1.43. The summed E-state index contributed by atoms with van der Waals surface area (Å²) in [4.78, 5) is -0.128. The molecule has 6 rings (SSSR count). The van der Waals surface area contributed by atoms with Gasteiger partial charge in [-0.15, -0.1) is 0 Å². The van der Waals surface area contributed by atoms with Crippen molar-refractivity contribution in [2.24, 2.45) is 0 Å². The van der Waals surface area contributed by atoms with Crippen LogP contribution in [0.2, 0.25) is 0 Å². The van der Waals surface area contributed by atoms with Gasteiger partial charge >= 0.3 is 0 Å². The Kier molecular flexibility index (Phi) is 11.8. The molecule has 0 unspecified atom stereocenters. The van der Waals surface area contributed by atoms with Crippen molar-refractivity contribution in [2.75, 3.05) is 0 Å². The van der Waals surface area contributed by atoms with Crippen molar-refractivity contribution in [1.82, 2.24) is 0 Å². The zero-order valence-corrected chi connectivity index (χ0v) is 28.6. The number of hydrogen-bond donors (Lipinski definition) is 1. The van der Waals surface area contributed by atoms with Crippen LogP contribution >= 0.6 is 0 Å². The van der Waals surface area contributed by atoms with E-state index in [0.29, 0.717) is 0 Å². The fraction of sp³-hybridized carbons (Fsp3) is 0.268. The molecule has 0 aromatic heterocycles. The molecule has 1 fully saturated rings. The molecule has 5 aromatic rings. The molecule has 1 aliphatic carbocycles. The standard InChI is InChI=1S/C41H42O8S/c1-30-22-24-35(25-23-30)50(43,44)49-38-36(42)37(45-26-31-14-6-2-7-15-31)39(46-27-32-16-8-3-9-17-32)41(48-29-34-20-12-5-13-21-34)40(38)47-28-33-18-10-4-11-19-33/h2-25,36-42H,26-29H2,1H3/t36-,37-,38+,39+,40-,41-/m1/s1/i36D. The van der Waals surface area contributed by atoms with E-state index in [9.17, 15) is 14.9 Å². The first-order valence-corrected chi connectivity index (χ1v) is 18.0.